The predicted molar refractivity (Wildman–Crippen MR) is 76.4 cm³/mol. The fraction of sp³-hybridized carbons (Fsp3) is 0.125. The van der Waals surface area contributed by atoms with E-state index in [4.69, 9.17) is 0 Å². The van der Waals surface area contributed by atoms with Crippen LogP contribution in [0.3, 0.4) is 0 Å². The summed E-state index contributed by atoms with van der Waals surface area (Å²) >= 11 is 0. The molecule has 0 spiro atoms. The van der Waals surface area contributed by atoms with E-state index in [-0.39, 0.29) is 6.61 Å². The normalized spacial score (nSPS) is 11.3. The Bertz CT molecular complexity index is 491. The summed E-state index contributed by atoms with van der Waals surface area (Å²) < 4.78 is 0. The second kappa shape index (κ2) is 6.62. The summed E-state index contributed by atoms with van der Waals surface area (Å²) in [6.45, 7) is 0.759. The molecule has 0 fully saturated rings. The van der Waals surface area contributed by atoms with Crippen molar-refractivity contribution >= 4 is 11.3 Å². The Labute approximate surface area is 108 Å². The topological polar surface area (TPSA) is 32.3 Å². The Balaban J connectivity index is 1.99. The summed E-state index contributed by atoms with van der Waals surface area (Å²) in [5, 5.41) is 12.7. The first-order valence-electron chi connectivity index (χ1n) is 6.04. The lowest BCUT2D eigenvalue weighted by atomic mass is 10.1. The monoisotopic (exact) mass is 239 g/mol. The molecule has 0 radical (unpaired) electrons. The van der Waals surface area contributed by atoms with Gasteiger partial charge in [0.1, 0.15) is 0 Å². The van der Waals surface area contributed by atoms with E-state index in [1.807, 2.05) is 66.7 Å². The molecule has 2 rings (SSSR count). The molecule has 2 nitrogen and oxygen atoms in total. The number of nitrogens with one attached hydrogen (secondary N) is 1. The summed E-state index contributed by atoms with van der Waals surface area (Å²) in [6, 6.07) is 20.0. The van der Waals surface area contributed by atoms with Gasteiger partial charge in [0.25, 0.3) is 0 Å². The van der Waals surface area contributed by atoms with Crippen molar-refractivity contribution < 1.29 is 5.11 Å². The third-order valence-corrected chi connectivity index (χ3v) is 2.74. The highest BCUT2D eigenvalue weighted by molar-refractivity contribution is 5.66. The molecule has 0 aliphatic heterocycles. The van der Waals surface area contributed by atoms with Crippen LogP contribution in [0.2, 0.25) is 0 Å². The Hall–Kier alpha value is -2.06. The van der Waals surface area contributed by atoms with Gasteiger partial charge < -0.3 is 10.4 Å². The SMILES string of the molecule is OC/C(=C/CNc1ccccc1)c1ccccc1. The maximum Gasteiger partial charge on any atom is 0.0685 e. The van der Waals surface area contributed by atoms with Gasteiger partial charge in [0.05, 0.1) is 6.61 Å². The minimum atomic E-state index is 0.0560. The molecular formula is C16H17NO. The van der Waals surface area contributed by atoms with Crippen molar-refractivity contribution in [2.45, 2.75) is 0 Å². The highest BCUT2D eigenvalue weighted by Crippen LogP contribution is 2.13. The first-order chi connectivity index (χ1) is 8.90. The lowest BCUT2D eigenvalue weighted by Crippen LogP contribution is -2.00. The smallest absolute Gasteiger partial charge is 0.0685 e. The third kappa shape index (κ3) is 3.47. The van der Waals surface area contributed by atoms with Gasteiger partial charge in [0.2, 0.25) is 0 Å². The molecule has 0 saturated carbocycles. The Morgan fingerprint density at radius 1 is 0.944 bits per heavy atom. The van der Waals surface area contributed by atoms with Gasteiger partial charge in [-0.15, -0.1) is 0 Å². The van der Waals surface area contributed by atoms with Crippen LogP contribution in [0.1, 0.15) is 5.56 Å². The number of rotatable bonds is 5. The fourth-order valence-corrected chi connectivity index (χ4v) is 1.77. The van der Waals surface area contributed by atoms with Crippen molar-refractivity contribution in [2.75, 3.05) is 18.5 Å². The number of hydrogen-bond acceptors (Lipinski definition) is 2. The van der Waals surface area contributed by atoms with Crippen LogP contribution in [-0.4, -0.2) is 18.3 Å². The van der Waals surface area contributed by atoms with Crippen molar-refractivity contribution in [2.24, 2.45) is 0 Å². The van der Waals surface area contributed by atoms with Crippen molar-refractivity contribution in [3.63, 3.8) is 0 Å². The highest BCUT2D eigenvalue weighted by Gasteiger charge is 1.98. The predicted octanol–water partition coefficient (Wildman–Crippen LogP) is 3.17. The molecule has 0 saturated heterocycles. The molecule has 2 aromatic carbocycles. The van der Waals surface area contributed by atoms with Crippen LogP contribution in [0.5, 0.6) is 0 Å². The minimum Gasteiger partial charge on any atom is -0.392 e. The second-order valence-corrected chi connectivity index (χ2v) is 4.00. The number of para-hydroxylation sites is 1. The zero-order valence-electron chi connectivity index (χ0n) is 10.2. The van der Waals surface area contributed by atoms with Gasteiger partial charge in [-0.2, -0.15) is 0 Å². The molecule has 0 unspecified atom stereocenters. The molecule has 92 valence electrons. The van der Waals surface area contributed by atoms with Gasteiger partial charge in [-0.1, -0.05) is 54.6 Å². The average Bonchev–Trinajstić information content (AvgIpc) is 2.46. The minimum absolute atomic E-state index is 0.0560. The zero-order valence-corrected chi connectivity index (χ0v) is 10.2. The number of aliphatic hydroxyl groups excluding tert-OH is 1. The molecule has 2 aromatic rings. The van der Waals surface area contributed by atoms with Crippen LogP contribution in [0.4, 0.5) is 5.69 Å². The fourth-order valence-electron chi connectivity index (χ4n) is 1.77. The first kappa shape index (κ1) is 12.4. The molecule has 18 heavy (non-hydrogen) atoms. The van der Waals surface area contributed by atoms with E-state index in [2.05, 4.69) is 5.32 Å². The van der Waals surface area contributed by atoms with Crippen LogP contribution in [0.25, 0.3) is 5.57 Å². The molecule has 0 bridgehead atoms. The highest BCUT2D eigenvalue weighted by atomic mass is 16.3. The van der Waals surface area contributed by atoms with Gasteiger partial charge >= 0.3 is 0 Å². The maximum absolute atomic E-state index is 9.38. The van der Waals surface area contributed by atoms with Crippen LogP contribution in [0.15, 0.2) is 66.7 Å². The number of aliphatic hydroxyl groups is 1. The molecule has 0 amide bonds. The average molecular weight is 239 g/mol. The summed E-state index contributed by atoms with van der Waals surface area (Å²) in [7, 11) is 0. The molecule has 0 heterocycles. The summed E-state index contributed by atoms with van der Waals surface area (Å²) in [5.41, 5.74) is 3.09. The summed E-state index contributed by atoms with van der Waals surface area (Å²) in [5.74, 6) is 0. The molecule has 0 atom stereocenters. The van der Waals surface area contributed by atoms with Crippen molar-refractivity contribution in [1.82, 2.24) is 0 Å². The standard InChI is InChI=1S/C16H17NO/c18-13-15(14-7-3-1-4-8-14)11-12-17-16-9-5-2-6-10-16/h1-11,17-18H,12-13H2/b15-11-. The van der Waals surface area contributed by atoms with Crippen molar-refractivity contribution in [1.29, 1.82) is 0 Å². The van der Waals surface area contributed by atoms with E-state index in [9.17, 15) is 5.11 Å². The van der Waals surface area contributed by atoms with E-state index in [1.54, 1.807) is 0 Å². The summed E-state index contributed by atoms with van der Waals surface area (Å²) in [6.07, 6.45) is 2.02. The zero-order chi connectivity index (χ0) is 12.6. The lowest BCUT2D eigenvalue weighted by molar-refractivity contribution is 0.350. The third-order valence-electron chi connectivity index (χ3n) is 2.74. The lowest BCUT2D eigenvalue weighted by Gasteiger charge is -2.06. The quantitative estimate of drug-likeness (QED) is 0.840. The van der Waals surface area contributed by atoms with Crippen LogP contribution in [0, 0.1) is 0 Å². The van der Waals surface area contributed by atoms with Crippen LogP contribution < -0.4 is 5.32 Å². The molecule has 0 aliphatic rings. The Morgan fingerprint density at radius 3 is 2.17 bits per heavy atom. The second-order valence-electron chi connectivity index (χ2n) is 4.00. The molecule has 2 N–H and O–H groups in total. The van der Waals surface area contributed by atoms with E-state index >= 15 is 0 Å². The first-order valence-corrected chi connectivity index (χ1v) is 6.04. The summed E-state index contributed by atoms with van der Waals surface area (Å²) in [4.78, 5) is 0. The van der Waals surface area contributed by atoms with E-state index in [0.717, 1.165) is 16.8 Å². The van der Waals surface area contributed by atoms with Gasteiger partial charge in [0, 0.05) is 12.2 Å². The van der Waals surface area contributed by atoms with E-state index < -0.39 is 0 Å². The number of anilines is 1. The number of benzene rings is 2. The van der Waals surface area contributed by atoms with Crippen molar-refractivity contribution in [3.05, 3.63) is 72.3 Å². The molecule has 0 aliphatic carbocycles. The molecule has 0 aromatic heterocycles. The van der Waals surface area contributed by atoms with Gasteiger partial charge in [-0.05, 0) is 23.3 Å². The van der Waals surface area contributed by atoms with Gasteiger partial charge in [-0.3, -0.25) is 0 Å². The Morgan fingerprint density at radius 2 is 1.56 bits per heavy atom. The molecular weight excluding hydrogens is 222 g/mol. The van der Waals surface area contributed by atoms with Crippen LogP contribution >= 0.6 is 0 Å². The van der Waals surface area contributed by atoms with Gasteiger partial charge in [0.15, 0.2) is 0 Å². The van der Waals surface area contributed by atoms with Gasteiger partial charge in [-0.25, -0.2) is 0 Å². The van der Waals surface area contributed by atoms with E-state index in [1.165, 1.54) is 0 Å². The van der Waals surface area contributed by atoms with Crippen LogP contribution in [-0.2, 0) is 0 Å². The largest absolute Gasteiger partial charge is 0.392 e. The van der Waals surface area contributed by atoms with E-state index in [0.29, 0.717) is 6.54 Å². The van der Waals surface area contributed by atoms with Crippen molar-refractivity contribution in [3.8, 4) is 0 Å². The number of hydrogen-bond donors (Lipinski definition) is 2. The molecule has 2 heteroatoms. The maximum atomic E-state index is 9.38. The Kier molecular flexibility index (Phi) is 4.56.